The van der Waals surface area contributed by atoms with Gasteiger partial charge >= 0.3 is 6.09 Å². The Labute approximate surface area is 157 Å². The van der Waals surface area contributed by atoms with Crippen LogP contribution in [0, 0.1) is 5.92 Å². The van der Waals surface area contributed by atoms with E-state index in [1.807, 2.05) is 20.8 Å². The number of nitrogens with zero attached hydrogens (tertiary/aromatic N) is 1. The fourth-order valence-electron chi connectivity index (χ4n) is 2.99. The Morgan fingerprint density at radius 2 is 2.04 bits per heavy atom. The van der Waals surface area contributed by atoms with Gasteiger partial charge in [-0.1, -0.05) is 19.8 Å². The first-order valence-corrected chi connectivity index (χ1v) is 9.62. The molecule has 0 aromatic rings. The number of unbranched alkanes of at least 4 members (excludes halogenated alkanes) is 1. The summed E-state index contributed by atoms with van der Waals surface area (Å²) >= 11 is 0. The van der Waals surface area contributed by atoms with Crippen molar-refractivity contribution in [3.05, 3.63) is 0 Å². The maximum Gasteiger partial charge on any atom is 0.410 e. The van der Waals surface area contributed by atoms with Crippen molar-refractivity contribution in [2.24, 2.45) is 5.92 Å². The van der Waals surface area contributed by atoms with Crippen LogP contribution in [0.4, 0.5) is 4.79 Å². The monoisotopic (exact) mass is 375 g/mol. The van der Waals surface area contributed by atoms with Gasteiger partial charge in [0.25, 0.3) is 0 Å². The standard InChI is InChI=1S/C19H37NO6/c1-6-7-8-17(25-14-24-12-11-23-5)15-13-20(10-9-16(15)21)18(22)26-19(2,3)4/h15-17,21H,6-14H2,1-5H3. The summed E-state index contributed by atoms with van der Waals surface area (Å²) in [5, 5.41) is 10.5. The van der Waals surface area contributed by atoms with Crippen LogP contribution in [0.15, 0.2) is 0 Å². The molecule has 1 saturated heterocycles. The molecule has 0 spiro atoms. The van der Waals surface area contributed by atoms with Crippen molar-refractivity contribution in [1.82, 2.24) is 4.90 Å². The second-order valence-electron chi connectivity index (χ2n) is 7.81. The van der Waals surface area contributed by atoms with E-state index in [2.05, 4.69) is 6.92 Å². The van der Waals surface area contributed by atoms with Gasteiger partial charge in [-0.25, -0.2) is 4.79 Å². The van der Waals surface area contributed by atoms with E-state index in [9.17, 15) is 9.90 Å². The van der Waals surface area contributed by atoms with Crippen molar-refractivity contribution in [1.29, 1.82) is 0 Å². The molecular formula is C19H37NO6. The van der Waals surface area contributed by atoms with Gasteiger partial charge in [0.1, 0.15) is 12.4 Å². The van der Waals surface area contributed by atoms with Crippen LogP contribution in [0.1, 0.15) is 53.4 Å². The quantitative estimate of drug-likeness (QED) is 0.467. The molecule has 0 aliphatic carbocycles. The van der Waals surface area contributed by atoms with Crippen molar-refractivity contribution in [3.63, 3.8) is 0 Å². The Bertz CT molecular complexity index is 398. The van der Waals surface area contributed by atoms with Gasteiger partial charge in [0.15, 0.2) is 0 Å². The number of methoxy groups -OCH3 is 1. The smallest absolute Gasteiger partial charge is 0.410 e. The van der Waals surface area contributed by atoms with Gasteiger partial charge in [-0.05, 0) is 33.6 Å². The van der Waals surface area contributed by atoms with E-state index in [1.165, 1.54) is 0 Å². The Morgan fingerprint density at radius 3 is 2.65 bits per heavy atom. The second kappa shape index (κ2) is 11.7. The van der Waals surface area contributed by atoms with Crippen molar-refractivity contribution in [2.45, 2.75) is 71.2 Å². The number of amides is 1. The molecule has 0 aromatic carbocycles. The molecule has 0 radical (unpaired) electrons. The zero-order chi connectivity index (χ0) is 19.6. The second-order valence-corrected chi connectivity index (χ2v) is 7.81. The van der Waals surface area contributed by atoms with Crippen molar-refractivity contribution in [3.8, 4) is 0 Å². The lowest BCUT2D eigenvalue weighted by molar-refractivity contribution is -0.139. The third kappa shape index (κ3) is 8.66. The Kier molecular flexibility index (Phi) is 10.5. The molecule has 1 aliphatic rings. The number of hydrogen-bond donors (Lipinski definition) is 1. The number of aliphatic hydroxyl groups excluding tert-OH is 1. The number of hydrogen-bond acceptors (Lipinski definition) is 6. The largest absolute Gasteiger partial charge is 0.444 e. The average Bonchev–Trinajstić information content (AvgIpc) is 2.56. The fraction of sp³-hybridized carbons (Fsp3) is 0.947. The van der Waals surface area contributed by atoms with E-state index >= 15 is 0 Å². The molecule has 7 nitrogen and oxygen atoms in total. The third-order valence-electron chi connectivity index (χ3n) is 4.39. The summed E-state index contributed by atoms with van der Waals surface area (Å²) in [6, 6.07) is 0. The van der Waals surface area contributed by atoms with Gasteiger partial charge in [0.2, 0.25) is 0 Å². The molecule has 1 fully saturated rings. The van der Waals surface area contributed by atoms with Crippen LogP contribution in [0.25, 0.3) is 0 Å². The van der Waals surface area contributed by atoms with E-state index in [0.29, 0.717) is 32.7 Å². The van der Waals surface area contributed by atoms with Crippen LogP contribution < -0.4 is 0 Å². The van der Waals surface area contributed by atoms with Crippen molar-refractivity contribution >= 4 is 6.09 Å². The molecule has 1 heterocycles. The summed E-state index contributed by atoms with van der Waals surface area (Å²) in [6.07, 6.45) is 2.42. The molecule has 0 aromatic heterocycles. The summed E-state index contributed by atoms with van der Waals surface area (Å²) in [6.45, 7) is 9.75. The highest BCUT2D eigenvalue weighted by atomic mass is 16.7. The molecule has 0 bridgehead atoms. The minimum absolute atomic E-state index is 0.145. The minimum atomic E-state index is -0.532. The highest BCUT2D eigenvalue weighted by Gasteiger charge is 2.37. The number of aliphatic hydroxyl groups is 1. The molecule has 1 N–H and O–H groups in total. The Hall–Kier alpha value is -0.890. The Morgan fingerprint density at radius 1 is 1.31 bits per heavy atom. The van der Waals surface area contributed by atoms with E-state index in [1.54, 1.807) is 12.0 Å². The fourth-order valence-corrected chi connectivity index (χ4v) is 2.99. The predicted octanol–water partition coefficient (Wildman–Crippen LogP) is 2.80. The number of rotatable bonds is 10. The maximum atomic E-state index is 12.4. The van der Waals surface area contributed by atoms with Gasteiger partial charge in [-0.2, -0.15) is 0 Å². The summed E-state index contributed by atoms with van der Waals surface area (Å²) < 4.78 is 21.8. The molecular weight excluding hydrogens is 338 g/mol. The van der Waals surface area contributed by atoms with E-state index in [0.717, 1.165) is 19.3 Å². The highest BCUT2D eigenvalue weighted by Crippen LogP contribution is 2.27. The van der Waals surface area contributed by atoms with E-state index in [4.69, 9.17) is 18.9 Å². The van der Waals surface area contributed by atoms with Crippen LogP contribution in [-0.2, 0) is 18.9 Å². The molecule has 26 heavy (non-hydrogen) atoms. The highest BCUT2D eigenvalue weighted by molar-refractivity contribution is 5.68. The summed E-state index contributed by atoms with van der Waals surface area (Å²) in [7, 11) is 1.62. The topological polar surface area (TPSA) is 77.5 Å². The van der Waals surface area contributed by atoms with Crippen LogP contribution >= 0.6 is 0 Å². The van der Waals surface area contributed by atoms with Crippen LogP contribution in [0.3, 0.4) is 0 Å². The lowest BCUT2D eigenvalue weighted by atomic mass is 9.87. The van der Waals surface area contributed by atoms with Crippen molar-refractivity contribution in [2.75, 3.05) is 40.2 Å². The van der Waals surface area contributed by atoms with Gasteiger partial charge < -0.3 is 29.0 Å². The van der Waals surface area contributed by atoms with Crippen molar-refractivity contribution < 1.29 is 28.8 Å². The number of carbonyl (C=O) groups excluding carboxylic acids is 1. The summed E-state index contributed by atoms with van der Waals surface area (Å²) in [4.78, 5) is 14.1. The molecule has 3 atom stereocenters. The van der Waals surface area contributed by atoms with Gasteiger partial charge in [0, 0.05) is 26.1 Å². The molecule has 7 heteroatoms. The zero-order valence-electron chi connectivity index (χ0n) is 17.0. The lowest BCUT2D eigenvalue weighted by Gasteiger charge is -2.40. The summed E-state index contributed by atoms with van der Waals surface area (Å²) in [5.74, 6) is -0.145. The average molecular weight is 376 g/mol. The molecule has 1 rings (SSSR count). The first-order valence-electron chi connectivity index (χ1n) is 9.62. The number of piperidine rings is 1. The Balaban J connectivity index is 2.64. The van der Waals surface area contributed by atoms with Crippen LogP contribution in [0.2, 0.25) is 0 Å². The zero-order valence-corrected chi connectivity index (χ0v) is 17.0. The van der Waals surface area contributed by atoms with E-state index < -0.39 is 11.7 Å². The van der Waals surface area contributed by atoms with Gasteiger partial charge in [-0.15, -0.1) is 0 Å². The first kappa shape index (κ1) is 23.1. The SMILES string of the molecule is CCCCC(OCOCCOC)C1CN(C(=O)OC(C)(C)C)CCC1O. The first-order chi connectivity index (χ1) is 12.3. The summed E-state index contributed by atoms with van der Waals surface area (Å²) in [5.41, 5.74) is -0.532. The predicted molar refractivity (Wildman–Crippen MR) is 99.0 cm³/mol. The van der Waals surface area contributed by atoms with Gasteiger partial charge in [-0.3, -0.25) is 0 Å². The molecule has 0 saturated carbocycles. The number of ether oxygens (including phenoxy) is 4. The maximum absolute atomic E-state index is 12.4. The minimum Gasteiger partial charge on any atom is -0.444 e. The molecule has 3 unspecified atom stereocenters. The number of likely N-dealkylation sites (tertiary alicyclic amines) is 1. The van der Waals surface area contributed by atoms with Crippen LogP contribution in [0.5, 0.6) is 0 Å². The molecule has 1 amide bonds. The normalized spacial score (nSPS) is 22.3. The lowest BCUT2D eigenvalue weighted by Crippen LogP contribution is -2.51. The molecule has 1 aliphatic heterocycles. The van der Waals surface area contributed by atoms with Gasteiger partial charge in [0.05, 0.1) is 25.4 Å². The third-order valence-corrected chi connectivity index (χ3v) is 4.39. The van der Waals surface area contributed by atoms with E-state index in [-0.39, 0.29) is 24.9 Å². The number of carbonyl (C=O) groups is 1. The molecule has 154 valence electrons. The van der Waals surface area contributed by atoms with Crippen LogP contribution in [-0.4, -0.2) is 74.1 Å².